The van der Waals surface area contributed by atoms with E-state index in [1.807, 2.05) is 4.90 Å². The molecule has 1 aliphatic heterocycles. The lowest BCUT2D eigenvalue weighted by atomic mass is 10.2. The van der Waals surface area contributed by atoms with E-state index in [9.17, 15) is 26.5 Å². The van der Waals surface area contributed by atoms with Crippen LogP contribution < -0.4 is 9.21 Å². The predicted molar refractivity (Wildman–Crippen MR) is 132 cm³/mol. The molecule has 2 heterocycles. The van der Waals surface area contributed by atoms with Crippen LogP contribution in [0.2, 0.25) is 0 Å². The van der Waals surface area contributed by atoms with Gasteiger partial charge in [-0.2, -0.15) is 22.3 Å². The minimum atomic E-state index is -3.73. The van der Waals surface area contributed by atoms with Crippen LogP contribution in [0.25, 0.3) is 0 Å². The number of sulfonamides is 1. The van der Waals surface area contributed by atoms with Crippen molar-refractivity contribution >= 4 is 31.7 Å². The van der Waals surface area contributed by atoms with Crippen molar-refractivity contribution in [3.05, 3.63) is 53.5 Å². The molecule has 0 aliphatic carbocycles. The molecule has 1 aliphatic rings. The summed E-state index contributed by atoms with van der Waals surface area (Å²) in [5.41, 5.74) is 1.01. The fourth-order valence-corrected chi connectivity index (χ4v) is 6.34. The molecule has 35 heavy (non-hydrogen) atoms. The Labute approximate surface area is 206 Å². The summed E-state index contributed by atoms with van der Waals surface area (Å²) in [7, 11) is -4.32. The molecule has 13 heteroatoms. The number of nitriles is 1. The van der Waals surface area contributed by atoms with E-state index < -0.39 is 26.0 Å². The molecular formula is C22H29FN6O4S2. The van der Waals surface area contributed by atoms with E-state index in [0.29, 0.717) is 30.9 Å². The zero-order valence-corrected chi connectivity index (χ0v) is 21.6. The van der Waals surface area contributed by atoms with Crippen molar-refractivity contribution in [2.75, 3.05) is 55.2 Å². The van der Waals surface area contributed by atoms with Gasteiger partial charge in [0.05, 0.1) is 29.7 Å². The maximum absolute atomic E-state index is 13.3. The molecule has 10 nitrogen and oxygen atoms in total. The highest BCUT2D eigenvalue weighted by Crippen LogP contribution is 2.28. The Hall–Kier alpha value is -2.79. The number of piperazine rings is 1. The van der Waals surface area contributed by atoms with Crippen molar-refractivity contribution in [2.24, 2.45) is 0 Å². The summed E-state index contributed by atoms with van der Waals surface area (Å²) in [6, 6.07) is 9.11. The van der Waals surface area contributed by atoms with E-state index >= 15 is 0 Å². The van der Waals surface area contributed by atoms with Gasteiger partial charge < -0.3 is 4.90 Å². The fourth-order valence-electron chi connectivity index (χ4n) is 3.75. The van der Waals surface area contributed by atoms with Crippen molar-refractivity contribution in [3.8, 4) is 6.07 Å². The van der Waals surface area contributed by atoms with Crippen LogP contribution in [0, 0.1) is 17.1 Å². The third-order valence-electron chi connectivity index (χ3n) is 5.62. The van der Waals surface area contributed by atoms with Crippen LogP contribution in [0.15, 0.2) is 36.5 Å². The molecular weight excluding hydrogens is 495 g/mol. The number of rotatable bonds is 9. The molecule has 1 aromatic heterocycles. The highest BCUT2D eigenvalue weighted by atomic mass is 32.2. The van der Waals surface area contributed by atoms with Gasteiger partial charge >= 0.3 is 0 Å². The average Bonchev–Trinajstić information content (AvgIpc) is 2.83. The molecule has 1 fully saturated rings. The van der Waals surface area contributed by atoms with Gasteiger partial charge in [0.25, 0.3) is 10.2 Å². The molecule has 0 N–H and O–H groups in total. The molecule has 190 valence electrons. The third-order valence-corrected chi connectivity index (χ3v) is 9.50. The lowest BCUT2D eigenvalue weighted by molar-refractivity contribution is 0.355. The first kappa shape index (κ1) is 26.8. The van der Waals surface area contributed by atoms with Crippen LogP contribution in [0.3, 0.4) is 0 Å². The van der Waals surface area contributed by atoms with Gasteiger partial charge in [-0.3, -0.25) is 4.31 Å². The SMILES string of the molecule is CCCS(=O)(=O)N(Cc1ccc(F)cc1)c1cnc(N2CCN(S(=O)(=O)N(C)C)CC2)c(C#N)c1. The summed E-state index contributed by atoms with van der Waals surface area (Å²) >= 11 is 0. The Bertz CT molecular complexity index is 1290. The second-order valence-corrected chi connectivity index (χ2v) is 12.5. The molecule has 2 aromatic rings. The first-order valence-corrected chi connectivity index (χ1v) is 14.1. The number of hydrogen-bond acceptors (Lipinski definition) is 7. The van der Waals surface area contributed by atoms with E-state index in [-0.39, 0.29) is 36.6 Å². The minimum absolute atomic E-state index is 0.0322. The zero-order chi connectivity index (χ0) is 25.8. The molecule has 0 atom stereocenters. The predicted octanol–water partition coefficient (Wildman–Crippen LogP) is 1.77. The van der Waals surface area contributed by atoms with Crippen LogP contribution in [0.1, 0.15) is 24.5 Å². The lowest BCUT2D eigenvalue weighted by Crippen LogP contribution is -2.52. The van der Waals surface area contributed by atoms with E-state index in [4.69, 9.17) is 0 Å². The maximum Gasteiger partial charge on any atom is 0.281 e. The van der Waals surface area contributed by atoms with E-state index in [1.165, 1.54) is 59.2 Å². The molecule has 0 spiro atoms. The van der Waals surface area contributed by atoms with Gasteiger partial charge in [0.1, 0.15) is 17.7 Å². The Morgan fingerprint density at radius 3 is 2.26 bits per heavy atom. The molecule has 0 saturated carbocycles. The second kappa shape index (κ2) is 10.9. The van der Waals surface area contributed by atoms with Crippen molar-refractivity contribution in [2.45, 2.75) is 19.9 Å². The Morgan fingerprint density at radius 2 is 1.71 bits per heavy atom. The quantitative estimate of drug-likeness (QED) is 0.491. The number of benzene rings is 1. The molecule has 1 aromatic carbocycles. The summed E-state index contributed by atoms with van der Waals surface area (Å²) in [4.78, 5) is 6.22. The van der Waals surface area contributed by atoms with Crippen molar-refractivity contribution in [3.63, 3.8) is 0 Å². The number of aromatic nitrogens is 1. The third kappa shape index (κ3) is 6.07. The van der Waals surface area contributed by atoms with Gasteiger partial charge in [-0.25, -0.2) is 17.8 Å². The molecule has 0 unspecified atom stereocenters. The molecule has 0 radical (unpaired) electrons. The van der Waals surface area contributed by atoms with Crippen molar-refractivity contribution < 1.29 is 21.2 Å². The topological polar surface area (TPSA) is 118 Å². The largest absolute Gasteiger partial charge is 0.353 e. The van der Waals surface area contributed by atoms with Gasteiger partial charge in [-0.15, -0.1) is 0 Å². The van der Waals surface area contributed by atoms with E-state index in [1.54, 1.807) is 6.92 Å². The normalized spacial score (nSPS) is 15.3. The average molecular weight is 525 g/mol. The summed E-state index contributed by atoms with van der Waals surface area (Å²) in [6.07, 6.45) is 1.80. The van der Waals surface area contributed by atoms with E-state index in [0.717, 1.165) is 4.31 Å². The maximum atomic E-state index is 13.3. The molecule has 0 bridgehead atoms. The van der Waals surface area contributed by atoms with Gasteiger partial charge in [-0.05, 0) is 30.2 Å². The number of halogens is 1. The minimum Gasteiger partial charge on any atom is -0.353 e. The fraction of sp³-hybridized carbons (Fsp3) is 0.455. The summed E-state index contributed by atoms with van der Waals surface area (Å²) in [6.45, 7) is 2.86. The van der Waals surface area contributed by atoms with E-state index in [2.05, 4.69) is 11.1 Å². The monoisotopic (exact) mass is 524 g/mol. The summed E-state index contributed by atoms with van der Waals surface area (Å²) in [5.74, 6) is -0.152. The molecule has 0 amide bonds. The van der Waals surface area contributed by atoms with Crippen LogP contribution in [0.5, 0.6) is 0 Å². The van der Waals surface area contributed by atoms with Crippen LogP contribution >= 0.6 is 0 Å². The van der Waals surface area contributed by atoms with Crippen LogP contribution in [0.4, 0.5) is 15.9 Å². The summed E-state index contributed by atoms with van der Waals surface area (Å²) < 4.78 is 67.9. The summed E-state index contributed by atoms with van der Waals surface area (Å²) in [5, 5.41) is 9.80. The highest BCUT2D eigenvalue weighted by molar-refractivity contribution is 7.92. The van der Waals surface area contributed by atoms with Gasteiger partial charge in [-0.1, -0.05) is 19.1 Å². The smallest absolute Gasteiger partial charge is 0.281 e. The standard InChI is InChI=1S/C22H29FN6O4S2/c1-4-13-34(30,31)29(17-18-5-7-20(23)8-6-18)21-14-19(15-24)22(25-16-21)27-9-11-28(12-10-27)35(32,33)26(2)3/h5-8,14,16H,4,9-13,17H2,1-3H3. The highest BCUT2D eigenvalue weighted by Gasteiger charge is 2.30. The number of pyridine rings is 1. The molecule has 1 saturated heterocycles. The van der Waals surface area contributed by atoms with Crippen molar-refractivity contribution in [1.29, 1.82) is 5.26 Å². The van der Waals surface area contributed by atoms with Crippen LogP contribution in [-0.2, 0) is 26.8 Å². The number of nitrogens with zero attached hydrogens (tertiary/aromatic N) is 6. The first-order valence-electron chi connectivity index (χ1n) is 11.1. The van der Waals surface area contributed by atoms with Gasteiger partial charge in [0.2, 0.25) is 10.0 Å². The number of hydrogen-bond donors (Lipinski definition) is 0. The van der Waals surface area contributed by atoms with Crippen molar-refractivity contribution in [1.82, 2.24) is 13.6 Å². The Kier molecular flexibility index (Phi) is 8.32. The lowest BCUT2D eigenvalue weighted by Gasteiger charge is -2.36. The van der Waals surface area contributed by atoms with Gasteiger partial charge in [0, 0.05) is 40.3 Å². The molecule has 3 rings (SSSR count). The Morgan fingerprint density at radius 1 is 1.09 bits per heavy atom. The first-order chi connectivity index (χ1) is 16.5. The second-order valence-electron chi connectivity index (χ2n) is 8.30. The van der Waals surface area contributed by atoms with Gasteiger partial charge in [0.15, 0.2) is 0 Å². The van der Waals surface area contributed by atoms with Crippen LogP contribution in [-0.4, -0.2) is 76.5 Å². The zero-order valence-electron chi connectivity index (χ0n) is 19.9. The Balaban J connectivity index is 1.89. The number of anilines is 2.